The molecule has 0 spiro atoms. The van der Waals surface area contributed by atoms with Crippen LogP contribution in [0.1, 0.15) is 35.3 Å². The van der Waals surface area contributed by atoms with Gasteiger partial charge in [0.05, 0.1) is 16.6 Å². The van der Waals surface area contributed by atoms with Gasteiger partial charge in [-0.3, -0.25) is 9.36 Å². The Morgan fingerprint density at radius 2 is 1.89 bits per heavy atom. The third kappa shape index (κ3) is 2.96. The molecule has 0 bridgehead atoms. The minimum absolute atomic E-state index is 0.193. The second-order valence-electron chi connectivity index (χ2n) is 7.04. The zero-order chi connectivity index (χ0) is 18.2. The Hall–Kier alpha value is -2.53. The van der Waals surface area contributed by atoms with Crippen molar-refractivity contribution in [1.29, 1.82) is 0 Å². The average molecular weight is 375 g/mol. The van der Waals surface area contributed by atoms with Crippen LogP contribution >= 0.6 is 11.8 Å². The van der Waals surface area contributed by atoms with Crippen molar-refractivity contribution in [1.82, 2.24) is 14.5 Å². The van der Waals surface area contributed by atoms with E-state index in [1.54, 1.807) is 11.8 Å². The average Bonchev–Trinajstić information content (AvgIpc) is 3.26. The van der Waals surface area contributed by atoms with Crippen LogP contribution in [0.4, 0.5) is 0 Å². The molecule has 0 unspecified atom stereocenters. The SMILES string of the molecule is O=C(CCSc1nc2ccccc2[nH]1)n1c2c(c3ccccc31)CCCC2. The summed E-state index contributed by atoms with van der Waals surface area (Å²) in [5.74, 6) is 0.915. The van der Waals surface area contributed by atoms with Gasteiger partial charge in [0.2, 0.25) is 5.91 Å². The van der Waals surface area contributed by atoms with Gasteiger partial charge in [-0.25, -0.2) is 4.98 Å². The number of fused-ring (bicyclic) bond motifs is 4. The summed E-state index contributed by atoms with van der Waals surface area (Å²) in [6.45, 7) is 0. The van der Waals surface area contributed by atoms with Crippen LogP contribution in [-0.2, 0) is 12.8 Å². The molecule has 0 radical (unpaired) electrons. The molecule has 2 aromatic carbocycles. The van der Waals surface area contributed by atoms with Gasteiger partial charge in [-0.15, -0.1) is 0 Å². The lowest BCUT2D eigenvalue weighted by atomic mass is 9.95. The van der Waals surface area contributed by atoms with Crippen molar-refractivity contribution >= 4 is 39.6 Å². The monoisotopic (exact) mass is 375 g/mol. The molecule has 5 rings (SSSR count). The van der Waals surface area contributed by atoms with Crippen molar-refractivity contribution in [2.45, 2.75) is 37.3 Å². The molecule has 0 aliphatic heterocycles. The van der Waals surface area contributed by atoms with Gasteiger partial charge in [-0.1, -0.05) is 42.1 Å². The Morgan fingerprint density at radius 3 is 2.81 bits per heavy atom. The van der Waals surface area contributed by atoms with E-state index < -0.39 is 0 Å². The van der Waals surface area contributed by atoms with Crippen molar-refractivity contribution in [3.8, 4) is 0 Å². The molecule has 27 heavy (non-hydrogen) atoms. The van der Waals surface area contributed by atoms with Crippen LogP contribution in [-0.4, -0.2) is 26.2 Å². The summed E-state index contributed by atoms with van der Waals surface area (Å²) in [5, 5.41) is 2.13. The lowest BCUT2D eigenvalue weighted by molar-refractivity contribution is 0.0912. The lowest BCUT2D eigenvalue weighted by Gasteiger charge is -2.15. The fourth-order valence-electron chi connectivity index (χ4n) is 4.12. The number of hydrogen-bond acceptors (Lipinski definition) is 3. The number of rotatable bonds is 4. The molecule has 2 aromatic heterocycles. The summed E-state index contributed by atoms with van der Waals surface area (Å²) < 4.78 is 1.99. The van der Waals surface area contributed by atoms with Gasteiger partial charge >= 0.3 is 0 Å². The number of thioether (sulfide) groups is 1. The number of H-pyrrole nitrogens is 1. The van der Waals surface area contributed by atoms with Gasteiger partial charge in [0.25, 0.3) is 0 Å². The Balaban J connectivity index is 1.37. The normalized spacial score (nSPS) is 13.9. The Morgan fingerprint density at radius 1 is 1.07 bits per heavy atom. The van der Waals surface area contributed by atoms with Crippen molar-refractivity contribution in [3.63, 3.8) is 0 Å². The van der Waals surface area contributed by atoms with E-state index in [9.17, 15) is 4.79 Å². The summed E-state index contributed by atoms with van der Waals surface area (Å²) >= 11 is 1.61. The zero-order valence-corrected chi connectivity index (χ0v) is 15.9. The molecule has 136 valence electrons. The van der Waals surface area contributed by atoms with E-state index in [1.165, 1.54) is 29.5 Å². The number of aryl methyl sites for hydroxylation is 1. The molecule has 1 aliphatic carbocycles. The van der Waals surface area contributed by atoms with Crippen LogP contribution in [0.2, 0.25) is 0 Å². The number of aromatic nitrogens is 3. The van der Waals surface area contributed by atoms with Crippen LogP contribution in [0.25, 0.3) is 21.9 Å². The van der Waals surface area contributed by atoms with Crippen LogP contribution < -0.4 is 0 Å². The minimum Gasteiger partial charge on any atom is -0.333 e. The Labute approximate surface area is 162 Å². The molecular formula is C22H21N3OS. The fraction of sp³-hybridized carbons (Fsp3) is 0.273. The maximum atomic E-state index is 13.1. The zero-order valence-electron chi connectivity index (χ0n) is 15.1. The second kappa shape index (κ2) is 6.89. The van der Waals surface area contributed by atoms with Gasteiger partial charge in [0.15, 0.2) is 5.16 Å². The first-order valence-corrected chi connectivity index (χ1v) is 10.5. The van der Waals surface area contributed by atoms with E-state index in [2.05, 4.69) is 28.2 Å². The highest BCUT2D eigenvalue weighted by Gasteiger charge is 2.22. The summed E-state index contributed by atoms with van der Waals surface area (Å²) in [6, 6.07) is 16.4. The van der Waals surface area contributed by atoms with Crippen LogP contribution in [0, 0.1) is 0 Å². The molecule has 0 atom stereocenters. The quantitative estimate of drug-likeness (QED) is 0.498. The maximum Gasteiger partial charge on any atom is 0.232 e. The van der Waals surface area contributed by atoms with Gasteiger partial charge in [0, 0.05) is 23.3 Å². The number of benzene rings is 2. The van der Waals surface area contributed by atoms with Gasteiger partial charge in [-0.05, 0) is 49.4 Å². The molecule has 1 aliphatic rings. The number of hydrogen-bond donors (Lipinski definition) is 1. The van der Waals surface area contributed by atoms with Gasteiger partial charge in [0.1, 0.15) is 0 Å². The van der Waals surface area contributed by atoms with E-state index in [0.29, 0.717) is 6.42 Å². The predicted octanol–water partition coefficient (Wildman–Crippen LogP) is 5.22. The number of carbonyl (C=O) groups is 1. The highest BCUT2D eigenvalue weighted by molar-refractivity contribution is 7.99. The van der Waals surface area contributed by atoms with Crippen molar-refractivity contribution in [2.75, 3.05) is 5.75 Å². The van der Waals surface area contributed by atoms with Crippen molar-refractivity contribution in [3.05, 3.63) is 59.8 Å². The number of carbonyl (C=O) groups excluding carboxylic acids is 1. The summed E-state index contributed by atoms with van der Waals surface area (Å²) in [4.78, 5) is 21.0. The first kappa shape index (κ1) is 16.6. The standard InChI is InChI=1S/C22H21N3OS/c26-21(13-14-27-22-23-17-9-3-4-10-18(17)24-22)25-19-11-5-1-7-15(19)16-8-2-6-12-20(16)25/h1,3-5,7,9-11H,2,6,8,12-14H2,(H,23,24). The first-order valence-electron chi connectivity index (χ1n) is 9.53. The second-order valence-corrected chi connectivity index (χ2v) is 8.12. The van der Waals surface area contributed by atoms with Crippen molar-refractivity contribution in [2.24, 2.45) is 0 Å². The van der Waals surface area contributed by atoms with Gasteiger partial charge < -0.3 is 4.98 Å². The molecule has 2 heterocycles. The molecule has 4 nitrogen and oxygen atoms in total. The largest absolute Gasteiger partial charge is 0.333 e. The molecule has 1 N–H and O–H groups in total. The Kier molecular flexibility index (Phi) is 4.24. The molecule has 0 fully saturated rings. The highest BCUT2D eigenvalue weighted by Crippen LogP contribution is 2.32. The third-order valence-corrected chi connectivity index (χ3v) is 6.23. The molecular weight excluding hydrogens is 354 g/mol. The molecule has 4 aromatic rings. The molecule has 0 saturated heterocycles. The summed E-state index contributed by atoms with van der Waals surface area (Å²) in [7, 11) is 0. The van der Waals surface area contributed by atoms with Crippen molar-refractivity contribution < 1.29 is 4.79 Å². The highest BCUT2D eigenvalue weighted by atomic mass is 32.2. The van der Waals surface area contributed by atoms with E-state index >= 15 is 0 Å². The van der Waals surface area contributed by atoms with Crippen LogP contribution in [0.15, 0.2) is 53.7 Å². The number of nitrogens with zero attached hydrogens (tertiary/aromatic N) is 2. The maximum absolute atomic E-state index is 13.1. The molecule has 5 heteroatoms. The smallest absolute Gasteiger partial charge is 0.232 e. The Bertz CT molecular complexity index is 1110. The first-order chi connectivity index (χ1) is 13.3. The topological polar surface area (TPSA) is 50.7 Å². The number of para-hydroxylation sites is 3. The summed E-state index contributed by atoms with van der Waals surface area (Å²) in [6.07, 6.45) is 4.99. The predicted molar refractivity (Wildman–Crippen MR) is 111 cm³/mol. The fourth-order valence-corrected chi connectivity index (χ4v) is 4.94. The molecule has 0 amide bonds. The lowest BCUT2D eigenvalue weighted by Crippen LogP contribution is -2.16. The number of imidazole rings is 1. The summed E-state index contributed by atoms with van der Waals surface area (Å²) in [5.41, 5.74) is 5.70. The van der Waals surface area contributed by atoms with Gasteiger partial charge in [-0.2, -0.15) is 0 Å². The van der Waals surface area contributed by atoms with Crippen LogP contribution in [0.3, 0.4) is 0 Å². The minimum atomic E-state index is 0.193. The van der Waals surface area contributed by atoms with E-state index in [0.717, 1.165) is 40.3 Å². The molecule has 0 saturated carbocycles. The third-order valence-electron chi connectivity index (χ3n) is 5.35. The van der Waals surface area contributed by atoms with E-state index in [-0.39, 0.29) is 5.91 Å². The number of aromatic amines is 1. The number of nitrogens with one attached hydrogen (secondary N) is 1. The van der Waals surface area contributed by atoms with Crippen LogP contribution in [0.5, 0.6) is 0 Å². The van der Waals surface area contributed by atoms with E-state index in [4.69, 9.17) is 0 Å². The van der Waals surface area contributed by atoms with E-state index in [1.807, 2.05) is 34.9 Å².